The number of hydrazone groups is 1. The number of nitrogens with one attached hydrogen (secondary N) is 1. The molecule has 0 aliphatic carbocycles. The van der Waals surface area contributed by atoms with Crippen LogP contribution in [0.25, 0.3) is 5.69 Å². The van der Waals surface area contributed by atoms with Gasteiger partial charge in [-0.25, -0.2) is 14.4 Å². The summed E-state index contributed by atoms with van der Waals surface area (Å²) in [7, 11) is 1.52. The molecule has 10 heteroatoms. The summed E-state index contributed by atoms with van der Waals surface area (Å²) in [5, 5.41) is 16.8. The molecule has 0 saturated carbocycles. The van der Waals surface area contributed by atoms with Crippen LogP contribution in [0.1, 0.15) is 30.5 Å². The third kappa shape index (κ3) is 3.67. The quantitative estimate of drug-likeness (QED) is 0.628. The lowest BCUT2D eigenvalue weighted by Crippen LogP contribution is -2.33. The molecule has 9 nitrogen and oxygen atoms in total. The number of halogens is 1. The zero-order valence-electron chi connectivity index (χ0n) is 17.2. The number of ether oxygens (including phenoxy) is 1. The Hall–Kier alpha value is -3.85. The lowest BCUT2D eigenvalue weighted by molar-refractivity contribution is -0.130. The maximum Gasteiger partial charge on any atom is 0.335 e. The molecule has 1 aliphatic rings. The lowest BCUT2D eigenvalue weighted by atomic mass is 9.98. The normalized spacial score (nSPS) is 15.5. The molecule has 0 unspecified atom stereocenters. The number of nitrogens with zero attached hydrogens (tertiary/aromatic N) is 3. The number of carbonyl (C=O) groups is 1. The highest BCUT2D eigenvalue weighted by Crippen LogP contribution is 2.38. The maximum atomic E-state index is 12.7. The van der Waals surface area contributed by atoms with Gasteiger partial charge in [0.05, 0.1) is 24.6 Å². The zero-order valence-corrected chi connectivity index (χ0v) is 18.0. The number of aromatic hydroxyl groups is 1. The minimum atomic E-state index is -0.832. The van der Waals surface area contributed by atoms with E-state index >= 15 is 0 Å². The van der Waals surface area contributed by atoms with Crippen LogP contribution in [0.2, 0.25) is 5.02 Å². The molecule has 2 N–H and O–H groups in total. The number of methoxy groups -OCH3 is 1. The van der Waals surface area contributed by atoms with E-state index in [0.717, 1.165) is 4.57 Å². The Labute approximate surface area is 187 Å². The summed E-state index contributed by atoms with van der Waals surface area (Å²) in [5.74, 6) is -0.388. The third-order valence-corrected chi connectivity index (χ3v) is 5.41. The number of H-pyrrole nitrogens is 1. The van der Waals surface area contributed by atoms with Crippen LogP contribution in [-0.2, 0) is 4.79 Å². The molecule has 1 aliphatic heterocycles. The van der Waals surface area contributed by atoms with Crippen LogP contribution in [0.3, 0.4) is 0 Å². The molecule has 2 aromatic carbocycles. The third-order valence-electron chi connectivity index (χ3n) is 5.17. The highest BCUT2D eigenvalue weighted by atomic mass is 35.5. The molecule has 0 bridgehead atoms. The van der Waals surface area contributed by atoms with Crippen molar-refractivity contribution in [3.05, 3.63) is 85.5 Å². The first-order valence-corrected chi connectivity index (χ1v) is 10.0. The topological polar surface area (TPSA) is 117 Å². The molecule has 164 valence electrons. The van der Waals surface area contributed by atoms with Gasteiger partial charge in [-0.15, -0.1) is 0 Å². The molecule has 0 saturated heterocycles. The van der Waals surface area contributed by atoms with Gasteiger partial charge in [0.1, 0.15) is 11.3 Å². The summed E-state index contributed by atoms with van der Waals surface area (Å²) in [6, 6.07) is 12.9. The first-order chi connectivity index (χ1) is 15.3. The molecule has 0 fully saturated rings. The minimum absolute atomic E-state index is 0.129. The summed E-state index contributed by atoms with van der Waals surface area (Å²) in [5.41, 5.74) is -0.724. The molecule has 4 rings (SSSR count). The second-order valence-corrected chi connectivity index (χ2v) is 7.58. The Bertz CT molecular complexity index is 1360. The van der Waals surface area contributed by atoms with Gasteiger partial charge in [0.25, 0.3) is 5.56 Å². The largest absolute Gasteiger partial charge is 0.496 e. The van der Waals surface area contributed by atoms with Gasteiger partial charge in [0, 0.05) is 23.9 Å². The van der Waals surface area contributed by atoms with Crippen molar-refractivity contribution < 1.29 is 14.6 Å². The van der Waals surface area contributed by atoms with Crippen molar-refractivity contribution in [1.29, 1.82) is 0 Å². The molecule has 32 heavy (non-hydrogen) atoms. The second-order valence-electron chi connectivity index (χ2n) is 7.15. The van der Waals surface area contributed by atoms with Gasteiger partial charge in [0.2, 0.25) is 11.8 Å². The number of aromatic amines is 1. The average Bonchev–Trinajstić information content (AvgIpc) is 3.18. The molecule has 3 aromatic rings. The van der Waals surface area contributed by atoms with Crippen LogP contribution >= 0.6 is 11.6 Å². The molecule has 2 heterocycles. The van der Waals surface area contributed by atoms with Crippen molar-refractivity contribution in [3.8, 4) is 17.3 Å². The fraction of sp³-hybridized carbons (Fsp3) is 0.182. The molecular weight excluding hydrogens is 436 g/mol. The van der Waals surface area contributed by atoms with Gasteiger partial charge in [-0.3, -0.25) is 14.6 Å². The van der Waals surface area contributed by atoms with Crippen molar-refractivity contribution in [1.82, 2.24) is 14.6 Å². The van der Waals surface area contributed by atoms with E-state index < -0.39 is 23.2 Å². The van der Waals surface area contributed by atoms with Crippen LogP contribution < -0.4 is 16.0 Å². The minimum Gasteiger partial charge on any atom is -0.496 e. The van der Waals surface area contributed by atoms with E-state index in [0.29, 0.717) is 16.3 Å². The van der Waals surface area contributed by atoms with Crippen molar-refractivity contribution in [3.63, 3.8) is 0 Å². The van der Waals surface area contributed by atoms with E-state index in [4.69, 9.17) is 16.3 Å². The number of hydrogen-bond acceptors (Lipinski definition) is 6. The smallest absolute Gasteiger partial charge is 0.335 e. The van der Waals surface area contributed by atoms with Gasteiger partial charge >= 0.3 is 5.69 Å². The average molecular weight is 455 g/mol. The number of aromatic nitrogens is 2. The molecule has 0 spiro atoms. The second kappa shape index (κ2) is 8.35. The van der Waals surface area contributed by atoms with E-state index in [1.54, 1.807) is 42.5 Å². The van der Waals surface area contributed by atoms with E-state index in [1.165, 1.54) is 25.1 Å². The molecule has 1 atom stereocenters. The van der Waals surface area contributed by atoms with Crippen molar-refractivity contribution in [2.75, 3.05) is 7.11 Å². The van der Waals surface area contributed by atoms with Crippen LogP contribution in [0, 0.1) is 0 Å². The van der Waals surface area contributed by atoms with Crippen molar-refractivity contribution in [2.24, 2.45) is 5.10 Å². The number of carbonyl (C=O) groups excluding carboxylic acids is 1. The van der Waals surface area contributed by atoms with Gasteiger partial charge < -0.3 is 9.84 Å². The Kier molecular flexibility index (Phi) is 5.58. The highest BCUT2D eigenvalue weighted by Gasteiger charge is 2.35. The van der Waals surface area contributed by atoms with Gasteiger partial charge in [-0.2, -0.15) is 5.10 Å². The predicted octanol–water partition coefficient (Wildman–Crippen LogP) is 2.59. The Morgan fingerprint density at radius 1 is 1.22 bits per heavy atom. The van der Waals surface area contributed by atoms with Crippen molar-refractivity contribution >= 4 is 23.2 Å². The highest BCUT2D eigenvalue weighted by molar-refractivity contribution is 6.30. The summed E-state index contributed by atoms with van der Waals surface area (Å²) in [4.78, 5) is 39.7. The monoisotopic (exact) mass is 454 g/mol. The van der Waals surface area contributed by atoms with Gasteiger partial charge in [-0.1, -0.05) is 35.9 Å². The Morgan fingerprint density at radius 2 is 1.97 bits per heavy atom. The molecule has 1 aromatic heterocycles. The summed E-state index contributed by atoms with van der Waals surface area (Å²) in [6.45, 7) is 1.35. The van der Waals surface area contributed by atoms with E-state index in [1.807, 2.05) is 0 Å². The molecular formula is C22H19ClN4O5. The summed E-state index contributed by atoms with van der Waals surface area (Å²) >= 11 is 6.02. The van der Waals surface area contributed by atoms with Gasteiger partial charge in [-0.05, 0) is 24.3 Å². The van der Waals surface area contributed by atoms with Crippen LogP contribution in [0.15, 0.2) is 63.2 Å². The van der Waals surface area contributed by atoms with Crippen molar-refractivity contribution in [2.45, 2.75) is 19.4 Å². The molecule has 1 amide bonds. The first kappa shape index (κ1) is 21.4. The Balaban J connectivity index is 1.86. The van der Waals surface area contributed by atoms with Crippen LogP contribution in [0.5, 0.6) is 11.6 Å². The number of rotatable bonds is 4. The summed E-state index contributed by atoms with van der Waals surface area (Å²) < 4.78 is 6.34. The van der Waals surface area contributed by atoms with Gasteiger partial charge in [0.15, 0.2) is 0 Å². The maximum absolute atomic E-state index is 12.7. The molecule has 0 radical (unpaired) electrons. The Morgan fingerprint density at radius 3 is 2.66 bits per heavy atom. The van der Waals surface area contributed by atoms with Crippen LogP contribution in [0.4, 0.5) is 0 Å². The standard InChI is InChI=1S/C22H19ClN4O5/c1-12(28)27-17(15-8-3-4-9-18(15)32-2)11-16(25-27)19-20(29)24-22(31)26(21(19)30)14-7-5-6-13(23)10-14/h3-10,17,30H,11H2,1-2H3,(H,24,29,31)/t17-/m0/s1. The number of hydrogen-bond donors (Lipinski definition) is 2. The van der Waals surface area contributed by atoms with Crippen LogP contribution in [-0.4, -0.2) is 38.4 Å². The first-order valence-electron chi connectivity index (χ1n) is 9.66. The zero-order chi connectivity index (χ0) is 23.0. The lowest BCUT2D eigenvalue weighted by Gasteiger charge is -2.22. The van der Waals surface area contributed by atoms with E-state index in [-0.39, 0.29) is 29.3 Å². The number of benzene rings is 2. The SMILES string of the molecule is COc1ccccc1[C@@H]1CC(c2c(O)n(-c3cccc(Cl)c3)c(=O)[nH]c2=O)=NN1C(C)=O. The number of amides is 1. The fourth-order valence-electron chi connectivity index (χ4n) is 3.78. The van der Waals surface area contributed by atoms with E-state index in [2.05, 4.69) is 10.1 Å². The number of para-hydroxylation sites is 1. The summed E-state index contributed by atoms with van der Waals surface area (Å²) in [6.07, 6.45) is 0.129. The van der Waals surface area contributed by atoms with E-state index in [9.17, 15) is 19.5 Å². The fourth-order valence-corrected chi connectivity index (χ4v) is 3.96. The predicted molar refractivity (Wildman–Crippen MR) is 119 cm³/mol.